The second-order valence-corrected chi connectivity index (χ2v) is 29.4. The van der Waals surface area contributed by atoms with E-state index in [0.29, 0.717) is 19.3 Å². The first-order chi connectivity index (χ1) is 50.2. The molecule has 0 aliphatic carbocycles. The van der Waals surface area contributed by atoms with Gasteiger partial charge in [-0.3, -0.25) is 32.5 Å². The largest absolute Gasteiger partial charge is 0.472 e. The number of esters is 3. The Balaban J connectivity index is 4.45. The highest BCUT2D eigenvalue weighted by Gasteiger charge is 2.29. The fraction of sp³-hybridized carbons (Fsp3) is 0.682. The Morgan fingerprint density at radius 2 is 0.534 bits per heavy atom. The van der Waals surface area contributed by atoms with E-state index >= 15 is 0 Å². The van der Waals surface area contributed by atoms with Crippen molar-refractivity contribution in [2.75, 3.05) is 39.6 Å². The van der Waals surface area contributed by atoms with E-state index in [9.17, 15) is 43.5 Å². The molecule has 18 heteroatoms. The summed E-state index contributed by atoms with van der Waals surface area (Å²) in [6.07, 6.45) is 94.8. The molecular formula is C85H144O16P2. The van der Waals surface area contributed by atoms with Crippen molar-refractivity contribution >= 4 is 33.6 Å². The molecule has 0 saturated carbocycles. The summed E-state index contributed by atoms with van der Waals surface area (Å²) in [5.41, 5.74) is 0. The number of phosphoric ester groups is 2. The Morgan fingerprint density at radius 3 is 0.854 bits per heavy atom. The van der Waals surface area contributed by atoms with Crippen LogP contribution in [0.15, 0.2) is 146 Å². The molecule has 0 rings (SSSR count). The van der Waals surface area contributed by atoms with Gasteiger partial charge in [-0.25, -0.2) is 9.13 Å². The molecule has 0 aromatic heterocycles. The molecule has 0 heterocycles. The highest BCUT2D eigenvalue weighted by Crippen LogP contribution is 2.45. The van der Waals surface area contributed by atoms with Crippen molar-refractivity contribution in [1.82, 2.24) is 0 Å². The molecule has 0 spiro atoms. The minimum atomic E-state index is -4.94. The Labute approximate surface area is 626 Å². The summed E-state index contributed by atoms with van der Waals surface area (Å²) in [7, 11) is -9.80. The predicted octanol–water partition coefficient (Wildman–Crippen LogP) is 23.7. The molecule has 0 amide bonds. The molecule has 590 valence electrons. The monoisotopic (exact) mass is 1480 g/mol. The van der Waals surface area contributed by atoms with E-state index in [1.807, 2.05) is 0 Å². The van der Waals surface area contributed by atoms with Crippen molar-refractivity contribution in [3.05, 3.63) is 146 Å². The van der Waals surface area contributed by atoms with Gasteiger partial charge in [0.15, 0.2) is 6.10 Å². The number of hydrogen-bond acceptors (Lipinski definition) is 14. The van der Waals surface area contributed by atoms with Crippen LogP contribution in [0.25, 0.3) is 0 Å². The zero-order chi connectivity index (χ0) is 75.2. The maximum atomic E-state index is 12.9. The molecule has 5 unspecified atom stereocenters. The SMILES string of the molecule is CC/C=C\C/C=C\C/C=C\C/C=C\C/C=C\C/C=C\CCCCCCCCCCCCCCCCC(=O)OCC(O)COP(=O)(O)OCC(O)COP(=O)(O)OCC(COC(=O)CCCCCCC/C=C\C/C=C\C/C=C\C/C=C\CCCCC)OC(=O)CCCCCCC/C=C\C/C=C\CCC. The Kier molecular flexibility index (Phi) is 73.6. The van der Waals surface area contributed by atoms with Crippen molar-refractivity contribution in [3.63, 3.8) is 0 Å². The second-order valence-electron chi connectivity index (χ2n) is 26.5. The topological polar surface area (TPSA) is 231 Å². The number of aliphatic hydroxyl groups is 2. The van der Waals surface area contributed by atoms with Crippen LogP contribution in [-0.2, 0) is 55.8 Å². The van der Waals surface area contributed by atoms with Crippen LogP contribution in [0.1, 0.15) is 316 Å². The third-order valence-electron chi connectivity index (χ3n) is 16.5. The minimum Gasteiger partial charge on any atom is -0.463 e. The van der Waals surface area contributed by atoms with Gasteiger partial charge in [0.2, 0.25) is 0 Å². The maximum absolute atomic E-state index is 12.9. The minimum absolute atomic E-state index is 0.0811. The van der Waals surface area contributed by atoms with Gasteiger partial charge in [0.25, 0.3) is 0 Å². The summed E-state index contributed by atoms with van der Waals surface area (Å²) in [6, 6.07) is 0. The van der Waals surface area contributed by atoms with Crippen LogP contribution in [0.2, 0.25) is 0 Å². The molecule has 0 radical (unpaired) electrons. The summed E-state index contributed by atoms with van der Waals surface area (Å²) in [5.74, 6) is -1.61. The van der Waals surface area contributed by atoms with Crippen LogP contribution in [0.5, 0.6) is 0 Å². The van der Waals surface area contributed by atoms with Gasteiger partial charge in [-0.05, 0) is 141 Å². The lowest BCUT2D eigenvalue weighted by Gasteiger charge is -2.21. The maximum Gasteiger partial charge on any atom is 0.472 e. The highest BCUT2D eigenvalue weighted by atomic mass is 31.2. The number of ether oxygens (including phenoxy) is 3. The number of allylic oxidation sites excluding steroid dienone is 24. The van der Waals surface area contributed by atoms with Gasteiger partial charge in [-0.15, -0.1) is 0 Å². The molecule has 0 bridgehead atoms. The standard InChI is InChI=1S/C85H144O16P2/c1-4-7-10-13-16-19-22-25-27-29-31-33-34-35-36-37-38-39-40-41-42-43-44-46-48-49-51-54-56-59-62-65-68-71-83(88)95-74-80(86)75-97-102(91,92)98-76-81(87)77-99-103(93,94)100-79-82(101-85(90)73-70-67-64-61-58-53-24-21-18-15-12-9-6-3)78-96-84(89)72-69-66-63-60-57-55-52-50-47-45-32-30-28-26-23-20-17-14-11-8-5-2/h7,10,12,15-17,19-21,24-28,31-33,35-36,38-39,45,50,52,80-82,86-87H,4-6,8-9,11,13-14,18,22-23,29-30,34,37,40-44,46-49,51,53-79H2,1-3H3,(H,91,92)(H,93,94)/b10-7-,15-12-,19-16-,20-17-,24-21-,27-25-,28-26-,33-31-,36-35-,39-38-,45-32-,52-50-. The lowest BCUT2D eigenvalue weighted by atomic mass is 10.0. The van der Waals surface area contributed by atoms with Crippen molar-refractivity contribution in [2.45, 2.75) is 334 Å². The summed E-state index contributed by atoms with van der Waals surface area (Å²) in [6.45, 7) is 2.43. The van der Waals surface area contributed by atoms with E-state index in [1.54, 1.807) is 0 Å². The van der Waals surface area contributed by atoms with Gasteiger partial charge in [0.1, 0.15) is 25.4 Å². The number of unbranched alkanes of at least 4 members (excludes halogenated alkanes) is 28. The summed E-state index contributed by atoms with van der Waals surface area (Å²) in [4.78, 5) is 58.6. The van der Waals surface area contributed by atoms with Crippen molar-refractivity contribution in [3.8, 4) is 0 Å². The smallest absolute Gasteiger partial charge is 0.463 e. The predicted molar refractivity (Wildman–Crippen MR) is 426 cm³/mol. The van der Waals surface area contributed by atoms with Crippen molar-refractivity contribution in [1.29, 1.82) is 0 Å². The highest BCUT2D eigenvalue weighted by molar-refractivity contribution is 7.47. The van der Waals surface area contributed by atoms with Gasteiger partial charge >= 0.3 is 33.6 Å². The first-order valence-electron chi connectivity index (χ1n) is 40.1. The van der Waals surface area contributed by atoms with E-state index < -0.39 is 91.5 Å². The summed E-state index contributed by atoms with van der Waals surface area (Å²) < 4.78 is 61.1. The number of carbonyl (C=O) groups is 3. The second kappa shape index (κ2) is 77.1. The average molecular weight is 1480 g/mol. The van der Waals surface area contributed by atoms with Crippen molar-refractivity contribution < 1.29 is 75.8 Å². The van der Waals surface area contributed by atoms with Gasteiger partial charge in [0.05, 0.1) is 26.4 Å². The van der Waals surface area contributed by atoms with Gasteiger partial charge in [0, 0.05) is 19.3 Å². The first-order valence-corrected chi connectivity index (χ1v) is 43.1. The summed E-state index contributed by atoms with van der Waals surface area (Å²) >= 11 is 0. The molecule has 0 fully saturated rings. The molecule has 4 N–H and O–H groups in total. The number of hydrogen-bond donors (Lipinski definition) is 4. The molecule has 16 nitrogen and oxygen atoms in total. The quantitative estimate of drug-likeness (QED) is 0.0146. The zero-order valence-electron chi connectivity index (χ0n) is 64.4. The van der Waals surface area contributed by atoms with Crippen LogP contribution in [0.3, 0.4) is 0 Å². The lowest BCUT2D eigenvalue weighted by Crippen LogP contribution is -2.30. The van der Waals surface area contributed by atoms with Crippen LogP contribution in [0.4, 0.5) is 0 Å². The molecule has 0 aromatic rings. The Morgan fingerprint density at radius 1 is 0.282 bits per heavy atom. The molecule has 103 heavy (non-hydrogen) atoms. The molecular weight excluding hydrogens is 1340 g/mol. The Bertz CT molecular complexity index is 2450. The number of aliphatic hydroxyl groups excluding tert-OH is 2. The van der Waals surface area contributed by atoms with Crippen LogP contribution in [0, 0.1) is 0 Å². The van der Waals surface area contributed by atoms with Crippen LogP contribution < -0.4 is 0 Å². The average Bonchev–Trinajstić information content (AvgIpc) is 0.937. The molecule has 0 saturated heterocycles. The number of rotatable bonds is 75. The van der Waals surface area contributed by atoms with Gasteiger partial charge in [-0.2, -0.15) is 0 Å². The van der Waals surface area contributed by atoms with E-state index in [4.69, 9.17) is 32.3 Å². The number of phosphoric acid groups is 2. The van der Waals surface area contributed by atoms with E-state index in [1.165, 1.54) is 89.9 Å². The Hall–Kier alpha value is -4.57. The fourth-order valence-corrected chi connectivity index (χ4v) is 12.0. The molecule has 0 aromatic carbocycles. The van der Waals surface area contributed by atoms with E-state index in [-0.39, 0.29) is 19.3 Å². The fourth-order valence-electron chi connectivity index (χ4n) is 10.4. The van der Waals surface area contributed by atoms with Crippen molar-refractivity contribution in [2.24, 2.45) is 0 Å². The van der Waals surface area contributed by atoms with E-state index in [0.717, 1.165) is 167 Å². The zero-order valence-corrected chi connectivity index (χ0v) is 66.2. The van der Waals surface area contributed by atoms with Crippen LogP contribution in [-0.4, -0.2) is 95.9 Å². The summed E-state index contributed by atoms with van der Waals surface area (Å²) in [5, 5.41) is 20.6. The molecule has 0 aliphatic heterocycles. The lowest BCUT2D eigenvalue weighted by molar-refractivity contribution is -0.161. The van der Waals surface area contributed by atoms with E-state index in [2.05, 4.69) is 167 Å². The molecule has 5 atom stereocenters. The van der Waals surface area contributed by atoms with Gasteiger partial charge < -0.3 is 34.2 Å². The van der Waals surface area contributed by atoms with Crippen LogP contribution >= 0.6 is 15.6 Å². The van der Waals surface area contributed by atoms with Gasteiger partial charge in [-0.1, -0.05) is 301 Å². The third kappa shape index (κ3) is 78.3. The number of carbonyl (C=O) groups excluding carboxylic acids is 3. The first kappa shape index (κ1) is 98.4. The third-order valence-corrected chi connectivity index (χ3v) is 18.4. The molecule has 0 aliphatic rings. The normalized spacial score (nSPS) is 14.7.